The Morgan fingerprint density at radius 3 is 2.15 bits per heavy atom. The lowest BCUT2D eigenvalue weighted by atomic mass is 9.85. The van der Waals surface area contributed by atoms with E-state index in [0.717, 1.165) is 6.42 Å². The topological polar surface area (TPSA) is 52.5 Å². The van der Waals surface area contributed by atoms with Crippen LogP contribution < -0.4 is 5.32 Å². The van der Waals surface area contributed by atoms with Crippen LogP contribution in [0, 0.1) is 5.41 Å². The predicted molar refractivity (Wildman–Crippen MR) is 54.6 cm³/mol. The molecule has 0 bridgehead atoms. The van der Waals surface area contributed by atoms with Crippen LogP contribution >= 0.6 is 0 Å². The van der Waals surface area contributed by atoms with Crippen molar-refractivity contribution in [3.63, 3.8) is 0 Å². The Balaban J connectivity index is 3.95. The molecule has 2 atom stereocenters. The molecule has 0 aliphatic heterocycles. The van der Waals surface area contributed by atoms with E-state index >= 15 is 0 Å². The van der Waals surface area contributed by atoms with E-state index in [1.54, 1.807) is 6.92 Å². The average molecular weight is 189 g/mol. The van der Waals surface area contributed by atoms with Gasteiger partial charge in [0.25, 0.3) is 0 Å². The highest BCUT2D eigenvalue weighted by Gasteiger charge is 2.23. The summed E-state index contributed by atoms with van der Waals surface area (Å²) >= 11 is 0. The van der Waals surface area contributed by atoms with Crippen LogP contribution in [-0.4, -0.2) is 35.5 Å². The Hall–Kier alpha value is -0.120. The molecule has 0 aliphatic carbocycles. The van der Waals surface area contributed by atoms with Gasteiger partial charge >= 0.3 is 0 Å². The van der Waals surface area contributed by atoms with Crippen LogP contribution in [0.25, 0.3) is 0 Å². The molecule has 0 aromatic rings. The van der Waals surface area contributed by atoms with E-state index in [-0.39, 0.29) is 24.2 Å². The van der Waals surface area contributed by atoms with Gasteiger partial charge in [0.2, 0.25) is 0 Å². The molecule has 0 heterocycles. The number of nitrogens with one attached hydrogen (secondary N) is 1. The summed E-state index contributed by atoms with van der Waals surface area (Å²) in [6.07, 6.45) is 0.402. The maximum atomic E-state index is 9.11. The zero-order valence-corrected chi connectivity index (χ0v) is 9.17. The maximum absolute atomic E-state index is 9.11. The molecule has 3 N–H and O–H groups in total. The monoisotopic (exact) mass is 189 g/mol. The third kappa shape index (κ3) is 6.02. The smallest absolute Gasteiger partial charge is 0.0636 e. The van der Waals surface area contributed by atoms with Crippen molar-refractivity contribution < 1.29 is 10.2 Å². The second-order valence-electron chi connectivity index (χ2n) is 4.69. The van der Waals surface area contributed by atoms with Gasteiger partial charge in [0.15, 0.2) is 0 Å². The van der Waals surface area contributed by atoms with Crippen LogP contribution in [0.15, 0.2) is 0 Å². The van der Waals surface area contributed by atoms with Crippen LogP contribution in [0.3, 0.4) is 0 Å². The van der Waals surface area contributed by atoms with Crippen molar-refractivity contribution in [2.24, 2.45) is 5.41 Å². The van der Waals surface area contributed by atoms with E-state index in [0.29, 0.717) is 6.54 Å². The summed E-state index contributed by atoms with van der Waals surface area (Å²) in [5.74, 6) is 0. The second-order valence-corrected chi connectivity index (χ2v) is 4.69. The van der Waals surface area contributed by atoms with Crippen molar-refractivity contribution >= 4 is 0 Å². The van der Waals surface area contributed by atoms with Crippen LogP contribution in [-0.2, 0) is 0 Å². The molecular formula is C10H23NO2. The lowest BCUT2D eigenvalue weighted by Gasteiger charge is -2.31. The molecular weight excluding hydrogens is 166 g/mol. The Bertz CT molecular complexity index is 129. The molecule has 0 saturated carbocycles. The van der Waals surface area contributed by atoms with Gasteiger partial charge in [-0.3, -0.25) is 0 Å². The van der Waals surface area contributed by atoms with Crippen LogP contribution in [0.5, 0.6) is 0 Å². The summed E-state index contributed by atoms with van der Waals surface area (Å²) in [7, 11) is 0. The predicted octanol–water partition coefficient (Wildman–Crippen LogP) is 0.754. The van der Waals surface area contributed by atoms with Crippen molar-refractivity contribution in [2.45, 2.75) is 46.3 Å². The van der Waals surface area contributed by atoms with Crippen molar-refractivity contribution in [1.82, 2.24) is 5.32 Å². The Labute approximate surface area is 81.2 Å². The number of rotatable bonds is 5. The van der Waals surface area contributed by atoms with Gasteiger partial charge < -0.3 is 15.5 Å². The lowest BCUT2D eigenvalue weighted by molar-refractivity contribution is 0.152. The minimum Gasteiger partial charge on any atom is -0.396 e. The molecule has 0 aliphatic rings. The summed E-state index contributed by atoms with van der Waals surface area (Å²) in [4.78, 5) is 0. The van der Waals surface area contributed by atoms with Crippen molar-refractivity contribution in [2.75, 3.05) is 13.2 Å². The number of aliphatic hydroxyl groups is 2. The van der Waals surface area contributed by atoms with Crippen molar-refractivity contribution in [1.29, 1.82) is 0 Å². The molecule has 80 valence electrons. The summed E-state index contributed by atoms with van der Waals surface area (Å²) in [6.45, 7) is 8.91. The first-order valence-electron chi connectivity index (χ1n) is 4.90. The van der Waals surface area contributed by atoms with Gasteiger partial charge in [-0.1, -0.05) is 20.8 Å². The van der Waals surface area contributed by atoms with E-state index in [1.807, 2.05) is 0 Å². The molecule has 0 aromatic carbocycles. The zero-order chi connectivity index (χ0) is 10.5. The average Bonchev–Trinajstić information content (AvgIpc) is 1.95. The van der Waals surface area contributed by atoms with Crippen molar-refractivity contribution in [3.8, 4) is 0 Å². The zero-order valence-electron chi connectivity index (χ0n) is 9.17. The molecule has 0 aromatic heterocycles. The van der Waals surface area contributed by atoms with Gasteiger partial charge in [0, 0.05) is 19.2 Å². The summed E-state index contributed by atoms with van der Waals surface area (Å²) in [5, 5.41) is 21.2. The minimum absolute atomic E-state index is 0.123. The minimum atomic E-state index is -0.330. The first kappa shape index (κ1) is 12.9. The number of hydrogen-bond donors (Lipinski definition) is 3. The molecule has 0 amide bonds. The fourth-order valence-electron chi connectivity index (χ4n) is 1.28. The molecule has 0 spiro atoms. The highest BCUT2D eigenvalue weighted by molar-refractivity contribution is 4.80. The first-order valence-corrected chi connectivity index (χ1v) is 4.90. The fraction of sp³-hybridized carbons (Fsp3) is 1.00. The fourth-order valence-corrected chi connectivity index (χ4v) is 1.28. The van der Waals surface area contributed by atoms with Crippen LogP contribution in [0.4, 0.5) is 0 Å². The van der Waals surface area contributed by atoms with Crippen LogP contribution in [0.1, 0.15) is 34.1 Å². The molecule has 0 fully saturated rings. The molecule has 3 nitrogen and oxygen atoms in total. The van der Waals surface area contributed by atoms with Crippen LogP contribution in [0.2, 0.25) is 0 Å². The quantitative estimate of drug-likeness (QED) is 0.598. The number of hydrogen-bond acceptors (Lipinski definition) is 3. The highest BCUT2D eigenvalue weighted by Crippen LogP contribution is 2.21. The molecule has 3 heteroatoms. The second kappa shape index (κ2) is 5.58. The van der Waals surface area contributed by atoms with Gasteiger partial charge in [0.05, 0.1) is 6.10 Å². The van der Waals surface area contributed by atoms with E-state index < -0.39 is 0 Å². The molecule has 0 rings (SSSR count). The van der Waals surface area contributed by atoms with Gasteiger partial charge in [-0.05, 0) is 18.8 Å². The summed E-state index contributed by atoms with van der Waals surface area (Å²) < 4.78 is 0. The maximum Gasteiger partial charge on any atom is 0.0636 e. The first-order chi connectivity index (χ1) is 5.88. The van der Waals surface area contributed by atoms with E-state index in [4.69, 9.17) is 10.2 Å². The van der Waals surface area contributed by atoms with E-state index in [2.05, 4.69) is 26.1 Å². The van der Waals surface area contributed by atoms with Gasteiger partial charge in [-0.15, -0.1) is 0 Å². The summed E-state index contributed by atoms with van der Waals surface area (Å²) in [5.41, 5.74) is 0.123. The van der Waals surface area contributed by atoms with Gasteiger partial charge in [-0.25, -0.2) is 0 Å². The third-order valence-corrected chi connectivity index (χ3v) is 2.12. The summed E-state index contributed by atoms with van der Waals surface area (Å²) in [6, 6.07) is 0.257. The number of aliphatic hydroxyl groups excluding tert-OH is 2. The van der Waals surface area contributed by atoms with E-state index in [1.165, 1.54) is 0 Å². The molecule has 0 radical (unpaired) electrons. The molecule has 13 heavy (non-hydrogen) atoms. The Kier molecular flexibility index (Phi) is 5.53. The SMILES string of the molecule is CC(O)CNC(CCO)C(C)(C)C. The normalized spacial score (nSPS) is 17.1. The largest absolute Gasteiger partial charge is 0.396 e. The lowest BCUT2D eigenvalue weighted by Crippen LogP contribution is -2.43. The molecule has 2 unspecified atom stereocenters. The van der Waals surface area contributed by atoms with E-state index in [9.17, 15) is 0 Å². The van der Waals surface area contributed by atoms with Crippen molar-refractivity contribution in [3.05, 3.63) is 0 Å². The standard InChI is InChI=1S/C10H23NO2/c1-8(13)7-11-9(5-6-12)10(2,3)4/h8-9,11-13H,5-7H2,1-4H3. The van der Waals surface area contributed by atoms with Gasteiger partial charge in [-0.2, -0.15) is 0 Å². The Morgan fingerprint density at radius 1 is 1.31 bits per heavy atom. The Morgan fingerprint density at radius 2 is 1.85 bits per heavy atom. The highest BCUT2D eigenvalue weighted by atomic mass is 16.3. The van der Waals surface area contributed by atoms with Gasteiger partial charge in [0.1, 0.15) is 0 Å². The molecule has 0 saturated heterocycles. The third-order valence-electron chi connectivity index (χ3n) is 2.12.